The maximum absolute atomic E-state index is 12.4. The molecular formula is C14H15ClN2O2S. The number of nitrogens with one attached hydrogen (secondary N) is 1. The first-order valence-corrected chi connectivity index (χ1v) is 7.65. The van der Waals surface area contributed by atoms with Gasteiger partial charge in [0.1, 0.15) is 4.88 Å². The smallest absolute Gasteiger partial charge is 0.264 e. The lowest BCUT2D eigenvalue weighted by atomic mass is 9.77. The van der Waals surface area contributed by atoms with Crippen molar-refractivity contribution in [2.24, 2.45) is 0 Å². The van der Waals surface area contributed by atoms with E-state index in [0.29, 0.717) is 15.6 Å². The highest BCUT2D eigenvalue weighted by Gasteiger charge is 2.38. The fourth-order valence-electron chi connectivity index (χ4n) is 2.48. The molecule has 0 spiro atoms. The maximum atomic E-state index is 12.4. The van der Waals surface area contributed by atoms with Crippen molar-refractivity contribution in [1.82, 2.24) is 5.32 Å². The van der Waals surface area contributed by atoms with Crippen LogP contribution in [0.15, 0.2) is 18.2 Å². The lowest BCUT2D eigenvalue weighted by molar-refractivity contribution is 0.0646. The number of hydrogen-bond acceptors (Lipinski definition) is 4. The number of fused-ring (bicyclic) bond motifs is 1. The second kappa shape index (κ2) is 4.91. The van der Waals surface area contributed by atoms with Crippen LogP contribution in [0, 0.1) is 0 Å². The Morgan fingerprint density at radius 1 is 1.50 bits per heavy atom. The van der Waals surface area contributed by atoms with Crippen molar-refractivity contribution >= 4 is 44.6 Å². The first kappa shape index (κ1) is 13.7. The zero-order chi connectivity index (χ0) is 14.3. The van der Waals surface area contributed by atoms with Crippen LogP contribution in [0.1, 0.15) is 28.9 Å². The molecule has 0 radical (unpaired) electrons. The third kappa shape index (κ3) is 2.16. The molecule has 1 amide bonds. The van der Waals surface area contributed by atoms with Gasteiger partial charge < -0.3 is 16.2 Å². The summed E-state index contributed by atoms with van der Waals surface area (Å²) in [5.74, 6) is -0.214. The molecule has 4 N–H and O–H groups in total. The van der Waals surface area contributed by atoms with Crippen molar-refractivity contribution in [1.29, 1.82) is 0 Å². The number of halogens is 1. The van der Waals surface area contributed by atoms with E-state index >= 15 is 0 Å². The standard InChI is InChI=1S/C14H15ClN2O2S/c15-8-2-3-9-10(6-8)20-12(11(9)16)13(19)17-14(7-18)4-1-5-14/h2-3,6,18H,1,4-5,7,16H2,(H,17,19). The zero-order valence-corrected chi connectivity index (χ0v) is 12.4. The van der Waals surface area contributed by atoms with Gasteiger partial charge in [0.05, 0.1) is 17.8 Å². The van der Waals surface area contributed by atoms with Gasteiger partial charge in [0.2, 0.25) is 0 Å². The summed E-state index contributed by atoms with van der Waals surface area (Å²) in [7, 11) is 0. The van der Waals surface area contributed by atoms with E-state index in [9.17, 15) is 9.90 Å². The zero-order valence-electron chi connectivity index (χ0n) is 10.8. The Hall–Kier alpha value is -1.30. The van der Waals surface area contributed by atoms with Crippen molar-refractivity contribution in [3.63, 3.8) is 0 Å². The van der Waals surface area contributed by atoms with E-state index in [4.69, 9.17) is 17.3 Å². The Kier molecular flexibility index (Phi) is 3.36. The van der Waals surface area contributed by atoms with Crippen LogP contribution in [0.2, 0.25) is 5.02 Å². The molecular weight excluding hydrogens is 296 g/mol. The average molecular weight is 311 g/mol. The third-order valence-corrected chi connectivity index (χ3v) is 5.29. The molecule has 0 saturated heterocycles. The summed E-state index contributed by atoms with van der Waals surface area (Å²) in [4.78, 5) is 12.9. The molecule has 1 heterocycles. The SMILES string of the molecule is Nc1c(C(=O)NC2(CO)CCC2)sc2cc(Cl)ccc12. The summed E-state index contributed by atoms with van der Waals surface area (Å²) >= 11 is 7.28. The normalized spacial score (nSPS) is 16.9. The molecule has 1 aliphatic carbocycles. The maximum Gasteiger partial charge on any atom is 0.264 e. The predicted octanol–water partition coefficient (Wildman–Crippen LogP) is 2.78. The minimum absolute atomic E-state index is 0.0324. The summed E-state index contributed by atoms with van der Waals surface area (Å²) in [6, 6.07) is 5.39. The molecule has 1 fully saturated rings. The van der Waals surface area contributed by atoms with E-state index in [-0.39, 0.29) is 12.5 Å². The number of benzene rings is 1. The number of aliphatic hydroxyl groups is 1. The molecule has 106 valence electrons. The van der Waals surface area contributed by atoms with E-state index in [1.165, 1.54) is 11.3 Å². The molecule has 3 rings (SSSR count). The Balaban J connectivity index is 1.93. The number of carbonyl (C=O) groups is 1. The number of thiophene rings is 1. The Morgan fingerprint density at radius 2 is 2.25 bits per heavy atom. The summed E-state index contributed by atoms with van der Waals surface area (Å²) in [6.07, 6.45) is 2.65. The van der Waals surface area contributed by atoms with Crippen molar-refractivity contribution in [3.8, 4) is 0 Å². The number of nitrogens with two attached hydrogens (primary N) is 1. The molecule has 6 heteroatoms. The van der Waals surface area contributed by atoms with Gasteiger partial charge in [-0.05, 0) is 37.5 Å². The van der Waals surface area contributed by atoms with Gasteiger partial charge in [0.25, 0.3) is 5.91 Å². The van der Waals surface area contributed by atoms with Crippen LogP contribution in [0.5, 0.6) is 0 Å². The van der Waals surface area contributed by atoms with Crippen LogP contribution in [-0.4, -0.2) is 23.2 Å². The van der Waals surface area contributed by atoms with Crippen LogP contribution in [0.3, 0.4) is 0 Å². The fourth-order valence-corrected chi connectivity index (χ4v) is 3.78. The van der Waals surface area contributed by atoms with Gasteiger partial charge in [0.15, 0.2) is 0 Å². The predicted molar refractivity (Wildman–Crippen MR) is 82.4 cm³/mol. The number of anilines is 1. The van der Waals surface area contributed by atoms with Gasteiger partial charge in [-0.2, -0.15) is 0 Å². The minimum Gasteiger partial charge on any atom is -0.397 e. The highest BCUT2D eigenvalue weighted by atomic mass is 35.5. The van der Waals surface area contributed by atoms with Crippen molar-refractivity contribution in [2.45, 2.75) is 24.8 Å². The molecule has 1 saturated carbocycles. The topological polar surface area (TPSA) is 75.4 Å². The molecule has 0 aliphatic heterocycles. The molecule has 1 aromatic heterocycles. The van der Waals surface area contributed by atoms with Crippen LogP contribution < -0.4 is 11.1 Å². The number of carbonyl (C=O) groups excluding carboxylic acids is 1. The number of nitrogen functional groups attached to an aromatic ring is 1. The van der Waals surface area contributed by atoms with E-state index in [0.717, 1.165) is 29.3 Å². The monoisotopic (exact) mass is 310 g/mol. The van der Waals surface area contributed by atoms with E-state index in [2.05, 4.69) is 5.32 Å². The minimum atomic E-state index is -0.461. The Labute approximate surface area is 125 Å². The van der Waals surface area contributed by atoms with Crippen LogP contribution in [-0.2, 0) is 0 Å². The van der Waals surface area contributed by atoms with Gasteiger partial charge in [0, 0.05) is 15.1 Å². The second-order valence-electron chi connectivity index (χ2n) is 5.23. The Bertz CT molecular complexity index is 674. The molecule has 0 atom stereocenters. The summed E-state index contributed by atoms with van der Waals surface area (Å²) in [5.41, 5.74) is 6.07. The number of aliphatic hydroxyl groups excluding tert-OH is 1. The number of rotatable bonds is 3. The quantitative estimate of drug-likeness (QED) is 0.816. The molecule has 0 unspecified atom stereocenters. The molecule has 20 heavy (non-hydrogen) atoms. The molecule has 2 aromatic rings. The van der Waals surface area contributed by atoms with Crippen molar-refractivity contribution < 1.29 is 9.90 Å². The van der Waals surface area contributed by atoms with Crippen molar-refractivity contribution in [3.05, 3.63) is 28.1 Å². The highest BCUT2D eigenvalue weighted by molar-refractivity contribution is 7.21. The number of amides is 1. The first-order chi connectivity index (χ1) is 9.54. The second-order valence-corrected chi connectivity index (χ2v) is 6.72. The van der Waals surface area contributed by atoms with Crippen LogP contribution in [0.25, 0.3) is 10.1 Å². The number of hydrogen-bond donors (Lipinski definition) is 3. The summed E-state index contributed by atoms with van der Waals surface area (Å²) in [6.45, 7) is -0.0324. The van der Waals surface area contributed by atoms with Gasteiger partial charge in [-0.3, -0.25) is 4.79 Å². The summed E-state index contributed by atoms with van der Waals surface area (Å²) in [5, 5.41) is 13.8. The van der Waals surface area contributed by atoms with Crippen molar-refractivity contribution in [2.75, 3.05) is 12.3 Å². The van der Waals surface area contributed by atoms with E-state index in [1.54, 1.807) is 12.1 Å². The largest absolute Gasteiger partial charge is 0.397 e. The molecule has 1 aliphatic rings. The van der Waals surface area contributed by atoms with Gasteiger partial charge in [-0.25, -0.2) is 0 Å². The molecule has 4 nitrogen and oxygen atoms in total. The molecule has 1 aromatic carbocycles. The van der Waals surface area contributed by atoms with E-state index in [1.807, 2.05) is 6.07 Å². The lowest BCUT2D eigenvalue weighted by Gasteiger charge is -2.40. The third-order valence-electron chi connectivity index (χ3n) is 3.89. The lowest BCUT2D eigenvalue weighted by Crippen LogP contribution is -2.56. The summed E-state index contributed by atoms with van der Waals surface area (Å²) < 4.78 is 0.895. The van der Waals surface area contributed by atoms with Gasteiger partial charge in [-0.15, -0.1) is 11.3 Å². The first-order valence-electron chi connectivity index (χ1n) is 6.45. The average Bonchev–Trinajstić information content (AvgIpc) is 2.70. The fraction of sp³-hybridized carbons (Fsp3) is 0.357. The van der Waals surface area contributed by atoms with Crippen LogP contribution in [0.4, 0.5) is 5.69 Å². The van der Waals surface area contributed by atoms with E-state index < -0.39 is 5.54 Å². The van der Waals surface area contributed by atoms with Gasteiger partial charge in [-0.1, -0.05) is 11.6 Å². The molecule has 0 bridgehead atoms. The Morgan fingerprint density at radius 3 is 2.85 bits per heavy atom. The van der Waals surface area contributed by atoms with Crippen LogP contribution >= 0.6 is 22.9 Å². The highest BCUT2D eigenvalue weighted by Crippen LogP contribution is 2.37. The van der Waals surface area contributed by atoms with Gasteiger partial charge >= 0.3 is 0 Å².